The van der Waals surface area contributed by atoms with Crippen molar-refractivity contribution in [3.05, 3.63) is 175 Å². The second kappa shape index (κ2) is 10.6. The monoisotopic (exact) mass is 602 g/mol. The molecule has 0 radical (unpaired) electrons. The van der Waals surface area contributed by atoms with Gasteiger partial charge in [-0.25, -0.2) is 0 Å². The van der Waals surface area contributed by atoms with Gasteiger partial charge >= 0.3 is 0 Å². The Balaban J connectivity index is 1.20. The number of nitrogens with zero attached hydrogens (tertiary/aromatic N) is 1. The molecule has 224 valence electrons. The summed E-state index contributed by atoms with van der Waals surface area (Å²) in [4.78, 5) is 5.98. The van der Waals surface area contributed by atoms with Crippen molar-refractivity contribution in [2.75, 3.05) is 4.90 Å². The number of hydrogen-bond acceptors (Lipinski definition) is 1. The first kappa shape index (κ1) is 27.5. The van der Waals surface area contributed by atoms with Crippen LogP contribution in [0.15, 0.2) is 164 Å². The second-order valence-electron chi connectivity index (χ2n) is 13.1. The van der Waals surface area contributed by atoms with E-state index in [1.807, 2.05) is 0 Å². The minimum Gasteiger partial charge on any atom is -0.364 e. The molecule has 1 heterocycles. The number of hydrogen-bond donors (Lipinski definition) is 1. The summed E-state index contributed by atoms with van der Waals surface area (Å²) in [5.41, 5.74) is 13.5. The average molecular weight is 603 g/mol. The molecule has 7 aromatic carbocycles. The molecule has 1 aromatic heterocycles. The van der Waals surface area contributed by atoms with E-state index >= 15 is 0 Å². The maximum Gasteiger partial charge on any atom is 0.0546 e. The van der Waals surface area contributed by atoms with Crippen molar-refractivity contribution in [2.45, 2.75) is 19.3 Å². The van der Waals surface area contributed by atoms with Crippen LogP contribution in [0.3, 0.4) is 0 Å². The SMILES string of the molecule is CC1(C)c2cc(N(c3ccc(-c4ccc(-c5ccccc5)cc4)cc3)c3cc4ccccc4c4ccccc34)ccc2-c2cc[nH]c21. The largest absolute Gasteiger partial charge is 0.364 e. The lowest BCUT2D eigenvalue weighted by Crippen LogP contribution is -2.17. The Morgan fingerprint density at radius 3 is 1.77 bits per heavy atom. The molecule has 0 spiro atoms. The number of aromatic nitrogens is 1. The zero-order valence-corrected chi connectivity index (χ0v) is 26.5. The molecule has 1 N–H and O–H groups in total. The number of rotatable bonds is 5. The standard InChI is InChI=1S/C45H34N2/c1-45(2)42-29-36(24-25-39(42)41-26-27-46-44(41)45)47(43-28-34-12-6-7-13-37(34)38-14-8-9-15-40(38)43)35-22-20-33(21-23-35)32-18-16-31(17-19-32)30-10-4-3-5-11-30/h3-29,46H,1-2H3. The van der Waals surface area contributed by atoms with Gasteiger partial charge in [0.15, 0.2) is 0 Å². The van der Waals surface area contributed by atoms with Crippen LogP contribution < -0.4 is 4.90 Å². The van der Waals surface area contributed by atoms with Gasteiger partial charge in [0.25, 0.3) is 0 Å². The Morgan fingerprint density at radius 2 is 1.04 bits per heavy atom. The van der Waals surface area contributed by atoms with Crippen LogP contribution in [0, 0.1) is 0 Å². The van der Waals surface area contributed by atoms with Gasteiger partial charge in [-0.15, -0.1) is 0 Å². The highest BCUT2D eigenvalue weighted by atomic mass is 15.1. The van der Waals surface area contributed by atoms with Gasteiger partial charge in [-0.2, -0.15) is 0 Å². The first-order chi connectivity index (χ1) is 23.1. The van der Waals surface area contributed by atoms with Gasteiger partial charge in [-0.3, -0.25) is 0 Å². The Kier molecular flexibility index (Phi) is 6.20. The molecule has 0 unspecified atom stereocenters. The Labute approximate surface area is 275 Å². The molecule has 8 aromatic rings. The smallest absolute Gasteiger partial charge is 0.0546 e. The van der Waals surface area contributed by atoms with Crippen LogP contribution in [0.5, 0.6) is 0 Å². The molecule has 1 aliphatic carbocycles. The maximum atomic E-state index is 3.53. The summed E-state index contributed by atoms with van der Waals surface area (Å²) in [6.07, 6.45) is 2.06. The Morgan fingerprint density at radius 1 is 0.468 bits per heavy atom. The molecule has 0 aliphatic heterocycles. The van der Waals surface area contributed by atoms with Crippen molar-refractivity contribution in [2.24, 2.45) is 0 Å². The predicted octanol–water partition coefficient (Wildman–Crippen LogP) is 12.4. The van der Waals surface area contributed by atoms with Crippen molar-refractivity contribution in [3.63, 3.8) is 0 Å². The fourth-order valence-corrected chi connectivity index (χ4v) is 7.60. The van der Waals surface area contributed by atoms with Gasteiger partial charge in [-0.1, -0.05) is 135 Å². The molecule has 0 saturated carbocycles. The van der Waals surface area contributed by atoms with Crippen LogP contribution in [-0.4, -0.2) is 4.98 Å². The number of nitrogens with one attached hydrogen (secondary N) is 1. The highest BCUT2D eigenvalue weighted by Crippen LogP contribution is 2.51. The number of anilines is 3. The molecule has 1 aliphatic rings. The molecule has 0 atom stereocenters. The third kappa shape index (κ3) is 4.40. The predicted molar refractivity (Wildman–Crippen MR) is 199 cm³/mol. The fourth-order valence-electron chi connectivity index (χ4n) is 7.60. The summed E-state index contributed by atoms with van der Waals surface area (Å²) in [5, 5.41) is 5.00. The molecule has 0 saturated heterocycles. The fraction of sp³-hybridized carbons (Fsp3) is 0.0667. The highest BCUT2D eigenvalue weighted by molar-refractivity contribution is 6.14. The summed E-state index contributed by atoms with van der Waals surface area (Å²) in [6, 6.07) is 57.6. The van der Waals surface area contributed by atoms with Gasteiger partial charge in [0.05, 0.1) is 5.69 Å². The van der Waals surface area contributed by atoms with Gasteiger partial charge in [0.1, 0.15) is 0 Å². The van der Waals surface area contributed by atoms with Crippen molar-refractivity contribution in [1.82, 2.24) is 4.98 Å². The van der Waals surface area contributed by atoms with E-state index in [1.165, 1.54) is 71.9 Å². The zero-order chi connectivity index (χ0) is 31.5. The molecule has 2 nitrogen and oxygen atoms in total. The lowest BCUT2D eigenvalue weighted by Gasteiger charge is -2.29. The van der Waals surface area contributed by atoms with E-state index in [9.17, 15) is 0 Å². The molecule has 9 rings (SSSR count). The summed E-state index contributed by atoms with van der Waals surface area (Å²) < 4.78 is 0. The zero-order valence-electron chi connectivity index (χ0n) is 26.5. The molecule has 47 heavy (non-hydrogen) atoms. The third-order valence-corrected chi connectivity index (χ3v) is 10.0. The van der Waals surface area contributed by atoms with E-state index in [0.717, 1.165) is 11.4 Å². The Bertz CT molecular complexity index is 2410. The van der Waals surface area contributed by atoms with Gasteiger partial charge in [-0.05, 0) is 85.9 Å². The maximum absolute atomic E-state index is 3.53. The molecule has 0 amide bonds. The molecule has 2 heteroatoms. The van der Waals surface area contributed by atoms with Crippen molar-refractivity contribution in [1.29, 1.82) is 0 Å². The summed E-state index contributed by atoms with van der Waals surface area (Å²) in [5.74, 6) is 0. The van der Waals surface area contributed by atoms with Crippen LogP contribution in [-0.2, 0) is 5.41 Å². The van der Waals surface area contributed by atoms with E-state index < -0.39 is 0 Å². The number of benzene rings is 7. The molecular weight excluding hydrogens is 569 g/mol. The highest BCUT2D eigenvalue weighted by Gasteiger charge is 2.37. The third-order valence-electron chi connectivity index (χ3n) is 10.0. The second-order valence-corrected chi connectivity index (χ2v) is 13.1. The normalized spacial score (nSPS) is 13.1. The number of aromatic amines is 1. The first-order valence-electron chi connectivity index (χ1n) is 16.4. The summed E-state index contributed by atoms with van der Waals surface area (Å²) in [6.45, 7) is 4.65. The summed E-state index contributed by atoms with van der Waals surface area (Å²) in [7, 11) is 0. The van der Waals surface area contributed by atoms with Crippen LogP contribution >= 0.6 is 0 Å². The van der Waals surface area contributed by atoms with Crippen molar-refractivity contribution in [3.8, 4) is 33.4 Å². The van der Waals surface area contributed by atoms with E-state index in [4.69, 9.17) is 0 Å². The van der Waals surface area contributed by atoms with Crippen LogP contribution in [0.1, 0.15) is 25.1 Å². The Hall–Kier alpha value is -5.86. The molecular formula is C45H34N2. The van der Waals surface area contributed by atoms with Crippen LogP contribution in [0.4, 0.5) is 17.1 Å². The average Bonchev–Trinajstić information content (AvgIpc) is 3.71. The van der Waals surface area contributed by atoms with Gasteiger partial charge in [0, 0.05) is 39.6 Å². The van der Waals surface area contributed by atoms with E-state index in [-0.39, 0.29) is 5.41 Å². The van der Waals surface area contributed by atoms with Crippen LogP contribution in [0.25, 0.3) is 54.9 Å². The van der Waals surface area contributed by atoms with E-state index in [1.54, 1.807) is 0 Å². The van der Waals surface area contributed by atoms with Crippen LogP contribution in [0.2, 0.25) is 0 Å². The summed E-state index contributed by atoms with van der Waals surface area (Å²) >= 11 is 0. The van der Waals surface area contributed by atoms with Crippen molar-refractivity contribution < 1.29 is 0 Å². The van der Waals surface area contributed by atoms with Gasteiger partial charge in [0.2, 0.25) is 0 Å². The number of H-pyrrole nitrogens is 1. The lowest BCUT2D eigenvalue weighted by molar-refractivity contribution is 0.640. The molecule has 0 bridgehead atoms. The van der Waals surface area contributed by atoms with Gasteiger partial charge < -0.3 is 9.88 Å². The minimum atomic E-state index is -0.114. The quantitative estimate of drug-likeness (QED) is 0.194. The van der Waals surface area contributed by atoms with E-state index in [0.29, 0.717) is 0 Å². The number of fused-ring (bicyclic) bond motifs is 6. The topological polar surface area (TPSA) is 19.0 Å². The molecule has 0 fully saturated rings. The minimum absolute atomic E-state index is 0.114. The van der Waals surface area contributed by atoms with Crippen molar-refractivity contribution >= 4 is 38.6 Å². The first-order valence-corrected chi connectivity index (χ1v) is 16.4. The van der Waals surface area contributed by atoms with E-state index in [2.05, 4.69) is 188 Å². The lowest BCUT2D eigenvalue weighted by atomic mass is 9.85.